The quantitative estimate of drug-likeness (QED) is 0.847. The molecular weight excluding hydrogens is 264 g/mol. The third-order valence-corrected chi connectivity index (χ3v) is 5.41. The third-order valence-electron chi connectivity index (χ3n) is 3.06. The molecule has 0 amide bonds. The number of likely N-dealkylation sites (N-methyl/N-ethyl adjacent to an activating group) is 2. The van der Waals surface area contributed by atoms with E-state index in [-0.39, 0.29) is 6.04 Å². The second-order valence-electron chi connectivity index (χ2n) is 5.08. The van der Waals surface area contributed by atoms with Crippen molar-refractivity contribution in [2.24, 2.45) is 0 Å². The van der Waals surface area contributed by atoms with E-state index >= 15 is 0 Å². The lowest BCUT2D eigenvalue weighted by Crippen LogP contribution is -2.43. The highest BCUT2D eigenvalue weighted by molar-refractivity contribution is 7.89. The van der Waals surface area contributed by atoms with Gasteiger partial charge in [0.2, 0.25) is 10.0 Å². The third kappa shape index (κ3) is 3.34. The summed E-state index contributed by atoms with van der Waals surface area (Å²) in [6.07, 6.45) is 0. The molecule has 19 heavy (non-hydrogen) atoms. The van der Waals surface area contributed by atoms with E-state index in [9.17, 15) is 8.42 Å². The monoisotopic (exact) mass is 288 g/mol. The maximum Gasteiger partial charge on any atom is 0.247 e. The van der Waals surface area contributed by atoms with Crippen LogP contribution >= 0.6 is 0 Å². The van der Waals surface area contributed by atoms with Crippen LogP contribution in [0.1, 0.15) is 25.2 Å². The standard InChI is InChI=1S/C12H24N4O2S/c1-7-16(9(2)8-15(5)6)19(17,18)12-10(3)13-14-11(12)4/h9H,7-8H2,1-6H3,(H,13,14). The fourth-order valence-electron chi connectivity index (χ4n) is 2.38. The Morgan fingerprint density at radius 3 is 2.26 bits per heavy atom. The molecule has 0 bridgehead atoms. The van der Waals surface area contributed by atoms with Crippen molar-refractivity contribution < 1.29 is 8.42 Å². The van der Waals surface area contributed by atoms with Crippen LogP contribution in [0.15, 0.2) is 4.90 Å². The van der Waals surface area contributed by atoms with Crippen LogP contribution in [0.2, 0.25) is 0 Å². The van der Waals surface area contributed by atoms with E-state index in [1.165, 1.54) is 4.31 Å². The molecule has 1 heterocycles. The Labute approximate surface area is 115 Å². The van der Waals surface area contributed by atoms with E-state index in [0.717, 1.165) is 0 Å². The lowest BCUT2D eigenvalue weighted by Gasteiger charge is -2.29. The van der Waals surface area contributed by atoms with Crippen molar-refractivity contribution in [3.63, 3.8) is 0 Å². The molecule has 1 unspecified atom stereocenters. The highest BCUT2D eigenvalue weighted by Gasteiger charge is 2.31. The molecule has 110 valence electrons. The molecule has 1 atom stereocenters. The fourth-order valence-corrected chi connectivity index (χ4v) is 4.34. The molecule has 0 aliphatic heterocycles. The van der Waals surface area contributed by atoms with Gasteiger partial charge in [-0.05, 0) is 34.9 Å². The Balaban J connectivity index is 3.17. The average molecular weight is 288 g/mol. The number of nitrogens with zero attached hydrogens (tertiary/aromatic N) is 3. The van der Waals surface area contributed by atoms with Crippen molar-refractivity contribution in [3.05, 3.63) is 11.4 Å². The van der Waals surface area contributed by atoms with E-state index < -0.39 is 10.0 Å². The second-order valence-corrected chi connectivity index (χ2v) is 6.91. The Bertz CT molecular complexity index is 502. The van der Waals surface area contributed by atoms with E-state index in [4.69, 9.17) is 0 Å². The maximum atomic E-state index is 12.7. The Hall–Kier alpha value is -0.920. The van der Waals surface area contributed by atoms with Crippen molar-refractivity contribution >= 4 is 10.0 Å². The Morgan fingerprint density at radius 2 is 1.89 bits per heavy atom. The number of aryl methyl sites for hydroxylation is 2. The lowest BCUT2D eigenvalue weighted by molar-refractivity contribution is 0.271. The highest BCUT2D eigenvalue weighted by Crippen LogP contribution is 2.23. The molecule has 1 aromatic rings. The van der Waals surface area contributed by atoms with Gasteiger partial charge in [-0.25, -0.2) is 8.42 Å². The van der Waals surface area contributed by atoms with Crippen LogP contribution in [0.4, 0.5) is 0 Å². The van der Waals surface area contributed by atoms with Crippen molar-refractivity contribution in [3.8, 4) is 0 Å². The van der Waals surface area contributed by atoms with Gasteiger partial charge < -0.3 is 4.90 Å². The van der Waals surface area contributed by atoms with Gasteiger partial charge in [-0.1, -0.05) is 6.92 Å². The first-order valence-corrected chi connectivity index (χ1v) is 7.84. The van der Waals surface area contributed by atoms with Crippen molar-refractivity contribution in [2.45, 2.75) is 38.6 Å². The van der Waals surface area contributed by atoms with E-state index in [1.807, 2.05) is 32.8 Å². The van der Waals surface area contributed by atoms with Crippen LogP contribution in [-0.4, -0.2) is 61.0 Å². The number of aromatic nitrogens is 2. The van der Waals surface area contributed by atoms with Crippen molar-refractivity contribution in [1.82, 2.24) is 19.4 Å². The van der Waals surface area contributed by atoms with Crippen LogP contribution in [0, 0.1) is 13.8 Å². The molecule has 0 aliphatic carbocycles. The summed E-state index contributed by atoms with van der Waals surface area (Å²) in [5, 5.41) is 6.71. The summed E-state index contributed by atoms with van der Waals surface area (Å²) < 4.78 is 27.0. The highest BCUT2D eigenvalue weighted by atomic mass is 32.2. The van der Waals surface area contributed by atoms with Gasteiger partial charge in [0.1, 0.15) is 4.90 Å². The summed E-state index contributed by atoms with van der Waals surface area (Å²) in [7, 11) is 0.371. The fraction of sp³-hybridized carbons (Fsp3) is 0.750. The summed E-state index contributed by atoms with van der Waals surface area (Å²) in [4.78, 5) is 2.29. The molecule has 1 rings (SSSR count). The summed E-state index contributed by atoms with van der Waals surface area (Å²) in [6, 6.07) is -0.0845. The zero-order valence-electron chi connectivity index (χ0n) is 12.6. The summed E-state index contributed by atoms with van der Waals surface area (Å²) >= 11 is 0. The first-order valence-electron chi connectivity index (χ1n) is 6.40. The van der Waals surface area contributed by atoms with Gasteiger partial charge in [0.15, 0.2) is 0 Å². The number of aromatic amines is 1. The number of hydrogen-bond donors (Lipinski definition) is 1. The van der Waals surface area contributed by atoms with E-state index in [2.05, 4.69) is 10.2 Å². The summed E-state index contributed by atoms with van der Waals surface area (Å²) in [5.41, 5.74) is 1.11. The average Bonchev–Trinajstić information content (AvgIpc) is 2.58. The number of nitrogens with one attached hydrogen (secondary N) is 1. The molecule has 0 aromatic carbocycles. The molecule has 1 aromatic heterocycles. The SMILES string of the molecule is CCN(C(C)CN(C)C)S(=O)(=O)c1c(C)n[nH]c1C. The van der Waals surface area contributed by atoms with Crippen LogP contribution in [-0.2, 0) is 10.0 Å². The number of H-pyrrole nitrogens is 1. The van der Waals surface area contributed by atoms with Gasteiger partial charge in [-0.2, -0.15) is 9.40 Å². The smallest absolute Gasteiger partial charge is 0.247 e. The molecule has 7 heteroatoms. The first kappa shape index (κ1) is 16.1. The Kier molecular flexibility index (Phi) is 5.11. The van der Waals surface area contributed by atoms with E-state index in [0.29, 0.717) is 29.4 Å². The minimum atomic E-state index is -3.50. The minimum Gasteiger partial charge on any atom is -0.308 e. The normalized spacial score (nSPS) is 14.3. The molecule has 0 saturated heterocycles. The number of rotatable bonds is 6. The predicted octanol–water partition coefficient (Wildman–Crippen LogP) is 0.987. The molecule has 0 saturated carbocycles. The van der Waals surface area contributed by atoms with Gasteiger partial charge in [0.05, 0.1) is 11.4 Å². The predicted molar refractivity (Wildman–Crippen MR) is 75.6 cm³/mol. The lowest BCUT2D eigenvalue weighted by atomic mass is 10.3. The van der Waals surface area contributed by atoms with E-state index in [1.54, 1.807) is 13.8 Å². The second kappa shape index (κ2) is 6.02. The topological polar surface area (TPSA) is 69.3 Å². The zero-order valence-corrected chi connectivity index (χ0v) is 13.4. The van der Waals surface area contributed by atoms with Crippen molar-refractivity contribution in [2.75, 3.05) is 27.2 Å². The van der Waals surface area contributed by atoms with Crippen molar-refractivity contribution in [1.29, 1.82) is 0 Å². The molecule has 0 spiro atoms. The largest absolute Gasteiger partial charge is 0.308 e. The van der Waals surface area contributed by atoms with Crippen LogP contribution in [0.25, 0.3) is 0 Å². The van der Waals surface area contributed by atoms with Gasteiger partial charge in [0, 0.05) is 19.1 Å². The summed E-state index contributed by atoms with van der Waals surface area (Å²) in [6.45, 7) is 8.35. The van der Waals surface area contributed by atoms with Gasteiger partial charge in [-0.3, -0.25) is 5.10 Å². The van der Waals surface area contributed by atoms with Gasteiger partial charge in [0.25, 0.3) is 0 Å². The number of sulfonamides is 1. The molecular formula is C12H24N4O2S. The van der Waals surface area contributed by atoms with Gasteiger partial charge in [-0.15, -0.1) is 0 Å². The molecule has 6 nitrogen and oxygen atoms in total. The van der Waals surface area contributed by atoms with Crippen LogP contribution in [0.3, 0.4) is 0 Å². The first-order chi connectivity index (χ1) is 8.71. The number of hydrogen-bond acceptors (Lipinski definition) is 4. The van der Waals surface area contributed by atoms with Crippen LogP contribution in [0.5, 0.6) is 0 Å². The molecule has 0 aliphatic rings. The maximum absolute atomic E-state index is 12.7. The zero-order chi connectivity index (χ0) is 14.8. The minimum absolute atomic E-state index is 0.0845. The molecule has 0 fully saturated rings. The van der Waals surface area contributed by atoms with Gasteiger partial charge >= 0.3 is 0 Å². The molecule has 1 N–H and O–H groups in total. The van der Waals surface area contributed by atoms with Crippen LogP contribution < -0.4 is 0 Å². The molecule has 0 radical (unpaired) electrons. The summed E-state index contributed by atoms with van der Waals surface area (Å²) in [5.74, 6) is 0. The Morgan fingerprint density at radius 1 is 1.32 bits per heavy atom.